The number of hydrogen-bond acceptors (Lipinski definition) is 1. The molecule has 0 aliphatic heterocycles. The molecule has 0 atom stereocenters. The molecule has 0 spiro atoms. The first-order valence-corrected chi connectivity index (χ1v) is 4.05. The van der Waals surface area contributed by atoms with E-state index in [0.29, 0.717) is 0 Å². The Labute approximate surface area is 63.8 Å². The number of hydrogen-bond donors (Lipinski definition) is 0. The molecular weight excluding hydrogens is 124 g/mol. The van der Waals surface area contributed by atoms with Gasteiger partial charge in [0, 0.05) is 13.5 Å². The van der Waals surface area contributed by atoms with Crippen LogP contribution in [0.15, 0.2) is 0 Å². The molecule has 0 bridgehead atoms. The maximum atomic E-state index is 4.74. The van der Waals surface area contributed by atoms with Crippen molar-refractivity contribution in [3.8, 4) is 0 Å². The highest BCUT2D eigenvalue weighted by molar-refractivity contribution is 4.85. The second-order valence-electron chi connectivity index (χ2n) is 2.89. The molecule has 1 fully saturated rings. The molecule has 1 aliphatic rings. The SMILES string of the molecule is CO[C][CH]C1CCCCC1. The molecule has 1 heteroatoms. The molecule has 0 aromatic heterocycles. The van der Waals surface area contributed by atoms with Crippen molar-refractivity contribution in [2.75, 3.05) is 7.11 Å². The van der Waals surface area contributed by atoms with Gasteiger partial charge in [-0.05, 0) is 5.92 Å². The summed E-state index contributed by atoms with van der Waals surface area (Å²) in [5.74, 6) is 0.744. The van der Waals surface area contributed by atoms with E-state index in [1.165, 1.54) is 32.1 Å². The summed E-state index contributed by atoms with van der Waals surface area (Å²) in [5, 5.41) is 0. The molecule has 0 heterocycles. The van der Waals surface area contributed by atoms with E-state index in [1.807, 2.05) is 0 Å². The quantitative estimate of drug-likeness (QED) is 0.583. The molecule has 1 saturated carbocycles. The fourth-order valence-electron chi connectivity index (χ4n) is 1.47. The summed E-state index contributed by atoms with van der Waals surface area (Å²) in [6, 6.07) is 0. The van der Waals surface area contributed by atoms with Gasteiger partial charge in [0.2, 0.25) is 0 Å². The average molecular weight is 139 g/mol. The van der Waals surface area contributed by atoms with E-state index in [4.69, 9.17) is 4.74 Å². The Morgan fingerprint density at radius 2 is 2.00 bits per heavy atom. The van der Waals surface area contributed by atoms with Crippen LogP contribution in [0, 0.1) is 18.9 Å². The van der Waals surface area contributed by atoms with Crippen molar-refractivity contribution in [2.45, 2.75) is 32.1 Å². The third-order valence-electron chi connectivity index (χ3n) is 2.07. The lowest BCUT2D eigenvalue weighted by molar-refractivity contribution is 0.268. The highest BCUT2D eigenvalue weighted by atomic mass is 16.5. The van der Waals surface area contributed by atoms with E-state index in [-0.39, 0.29) is 0 Å². The van der Waals surface area contributed by atoms with Gasteiger partial charge in [-0.1, -0.05) is 32.1 Å². The van der Waals surface area contributed by atoms with Crippen molar-refractivity contribution in [3.05, 3.63) is 13.0 Å². The monoisotopic (exact) mass is 139 g/mol. The summed E-state index contributed by atoms with van der Waals surface area (Å²) in [7, 11) is 1.65. The molecule has 3 radical (unpaired) electrons. The van der Waals surface area contributed by atoms with Crippen LogP contribution in [0.25, 0.3) is 0 Å². The Morgan fingerprint density at radius 3 is 2.60 bits per heavy atom. The largest absolute Gasteiger partial charge is 0.372 e. The molecule has 0 unspecified atom stereocenters. The molecule has 0 saturated heterocycles. The van der Waals surface area contributed by atoms with Gasteiger partial charge in [-0.15, -0.1) is 0 Å². The van der Waals surface area contributed by atoms with Crippen LogP contribution in [0.5, 0.6) is 0 Å². The Kier molecular flexibility index (Phi) is 3.81. The summed E-state index contributed by atoms with van der Waals surface area (Å²) in [4.78, 5) is 0. The Hall–Kier alpha value is -0.0400. The van der Waals surface area contributed by atoms with Crippen LogP contribution in [0.3, 0.4) is 0 Å². The number of ether oxygens (including phenoxy) is 1. The maximum Gasteiger partial charge on any atom is 0.135 e. The van der Waals surface area contributed by atoms with E-state index in [1.54, 1.807) is 7.11 Å². The lowest BCUT2D eigenvalue weighted by Crippen LogP contribution is -2.07. The third-order valence-corrected chi connectivity index (χ3v) is 2.07. The molecule has 1 rings (SSSR count). The highest BCUT2D eigenvalue weighted by Crippen LogP contribution is 2.26. The van der Waals surface area contributed by atoms with Crippen LogP contribution in [0.4, 0.5) is 0 Å². The van der Waals surface area contributed by atoms with Gasteiger partial charge in [-0.3, -0.25) is 0 Å². The molecule has 10 heavy (non-hydrogen) atoms. The van der Waals surface area contributed by atoms with Gasteiger partial charge in [0.25, 0.3) is 0 Å². The fourth-order valence-corrected chi connectivity index (χ4v) is 1.47. The predicted octanol–water partition coefficient (Wildman–Crippen LogP) is 2.46. The van der Waals surface area contributed by atoms with Gasteiger partial charge >= 0.3 is 0 Å². The first-order chi connectivity index (χ1) is 4.93. The average Bonchev–Trinajstić information content (AvgIpc) is 2.03. The summed E-state index contributed by atoms with van der Waals surface area (Å²) < 4.78 is 4.74. The van der Waals surface area contributed by atoms with Gasteiger partial charge < -0.3 is 4.74 Å². The van der Waals surface area contributed by atoms with Gasteiger partial charge in [0.15, 0.2) is 0 Å². The standard InChI is InChI=1S/C9H15O/c1-10-8-7-9-5-3-2-4-6-9/h7,9H,2-6H2,1H3. The van der Waals surface area contributed by atoms with Gasteiger partial charge in [-0.25, -0.2) is 0 Å². The molecule has 0 aromatic rings. The van der Waals surface area contributed by atoms with Crippen LogP contribution in [-0.4, -0.2) is 7.11 Å². The molecule has 0 N–H and O–H groups in total. The van der Waals surface area contributed by atoms with Crippen LogP contribution in [-0.2, 0) is 4.74 Å². The van der Waals surface area contributed by atoms with Crippen molar-refractivity contribution in [3.63, 3.8) is 0 Å². The first-order valence-electron chi connectivity index (χ1n) is 4.05. The topological polar surface area (TPSA) is 9.23 Å². The summed E-state index contributed by atoms with van der Waals surface area (Å²) in [5.41, 5.74) is 0. The van der Waals surface area contributed by atoms with Gasteiger partial charge in [0.1, 0.15) is 6.61 Å². The zero-order valence-electron chi connectivity index (χ0n) is 6.60. The van der Waals surface area contributed by atoms with E-state index < -0.39 is 0 Å². The van der Waals surface area contributed by atoms with Crippen molar-refractivity contribution in [2.24, 2.45) is 5.92 Å². The van der Waals surface area contributed by atoms with Gasteiger partial charge in [0.05, 0.1) is 0 Å². The first kappa shape index (κ1) is 8.06. The molecule has 1 nitrogen and oxygen atoms in total. The molecule has 0 amide bonds. The minimum absolute atomic E-state index is 0.744. The van der Waals surface area contributed by atoms with E-state index in [2.05, 4.69) is 13.0 Å². The lowest BCUT2D eigenvalue weighted by Gasteiger charge is -2.19. The zero-order chi connectivity index (χ0) is 7.23. The Balaban J connectivity index is 2.02. The van der Waals surface area contributed by atoms with Crippen LogP contribution in [0.2, 0.25) is 0 Å². The van der Waals surface area contributed by atoms with Crippen molar-refractivity contribution < 1.29 is 4.74 Å². The van der Waals surface area contributed by atoms with Crippen molar-refractivity contribution in [1.82, 2.24) is 0 Å². The van der Waals surface area contributed by atoms with Crippen molar-refractivity contribution >= 4 is 0 Å². The van der Waals surface area contributed by atoms with Crippen LogP contribution >= 0.6 is 0 Å². The van der Waals surface area contributed by atoms with E-state index in [9.17, 15) is 0 Å². The second-order valence-corrected chi connectivity index (χ2v) is 2.89. The third kappa shape index (κ3) is 2.70. The zero-order valence-corrected chi connectivity index (χ0v) is 6.60. The lowest BCUT2D eigenvalue weighted by atomic mass is 9.87. The second kappa shape index (κ2) is 4.73. The molecular formula is C9H15O. The Bertz CT molecular complexity index is 74.8. The fraction of sp³-hybridized carbons (Fsp3) is 0.778. The summed E-state index contributed by atoms with van der Waals surface area (Å²) in [6.45, 7) is 2.79. The maximum absolute atomic E-state index is 4.74. The summed E-state index contributed by atoms with van der Waals surface area (Å²) in [6.07, 6.45) is 8.91. The minimum Gasteiger partial charge on any atom is -0.372 e. The smallest absolute Gasteiger partial charge is 0.135 e. The van der Waals surface area contributed by atoms with E-state index in [0.717, 1.165) is 5.92 Å². The van der Waals surface area contributed by atoms with Crippen molar-refractivity contribution in [1.29, 1.82) is 0 Å². The normalized spacial score (nSPS) is 21.3. The molecule has 1 aliphatic carbocycles. The summed E-state index contributed by atoms with van der Waals surface area (Å²) >= 11 is 0. The predicted molar refractivity (Wildman–Crippen MR) is 41.1 cm³/mol. The molecule has 0 aromatic carbocycles. The van der Waals surface area contributed by atoms with Crippen LogP contribution < -0.4 is 0 Å². The van der Waals surface area contributed by atoms with Crippen LogP contribution in [0.1, 0.15) is 32.1 Å². The highest BCUT2D eigenvalue weighted by Gasteiger charge is 2.12. The van der Waals surface area contributed by atoms with E-state index >= 15 is 0 Å². The number of methoxy groups -OCH3 is 1. The van der Waals surface area contributed by atoms with Gasteiger partial charge in [-0.2, -0.15) is 0 Å². The molecule has 57 valence electrons. The number of rotatable bonds is 3. The minimum atomic E-state index is 0.744. The Morgan fingerprint density at radius 1 is 1.30 bits per heavy atom.